The molecule has 40 valence electrons. The third-order valence-corrected chi connectivity index (χ3v) is 0. The summed E-state index contributed by atoms with van der Waals surface area (Å²) in [5.74, 6) is 0. The van der Waals surface area contributed by atoms with E-state index in [2.05, 4.69) is 59.2 Å². The lowest BCUT2D eigenvalue weighted by Crippen LogP contribution is -0.894. The highest BCUT2D eigenvalue weighted by Crippen LogP contribution is 1.65. The van der Waals surface area contributed by atoms with E-state index in [0.717, 1.165) is 0 Å². The molecule has 0 aliphatic rings. The molecule has 0 heterocycles. The molecule has 0 aliphatic carbocycles. The largest absolute Gasteiger partial charge is 0.197 e. The second-order valence-corrected chi connectivity index (χ2v) is 0. The summed E-state index contributed by atoms with van der Waals surface area (Å²) >= 11 is 15.7. The van der Waals surface area contributed by atoms with Gasteiger partial charge in [0.05, 0.1) is 0 Å². The number of rotatable bonds is 0. The van der Waals surface area contributed by atoms with Gasteiger partial charge < -0.3 is 0 Å². The van der Waals surface area contributed by atoms with Crippen molar-refractivity contribution < 1.29 is 4.21 Å². The molecule has 0 saturated heterocycles. The van der Waals surface area contributed by atoms with Crippen LogP contribution in [-0.2, 0) is 12.5 Å². The maximum Gasteiger partial charge on any atom is 0.197 e. The summed E-state index contributed by atoms with van der Waals surface area (Å²) in [5, 5.41) is 0. The Morgan fingerprint density at radius 1 is 0.833 bits per heavy atom. The molecule has 0 saturated carbocycles. The van der Waals surface area contributed by atoms with E-state index >= 15 is 0 Å². The van der Waals surface area contributed by atoms with Gasteiger partial charge in [-0.05, 0) is 0 Å². The van der Waals surface area contributed by atoms with Crippen LogP contribution in [-0.4, -0.2) is 4.21 Å². The highest BCUT2D eigenvalue weighted by atomic mass is 33.1. The zero-order valence-electron chi connectivity index (χ0n) is 2.61. The van der Waals surface area contributed by atoms with E-state index in [1.54, 1.807) is 0 Å². The first-order valence-corrected chi connectivity index (χ1v) is 4.10. The lowest BCUT2D eigenvalue weighted by Gasteiger charge is -1.11. The van der Waals surface area contributed by atoms with Crippen molar-refractivity contribution in [1.82, 2.24) is 0 Å². The van der Waals surface area contributed by atoms with Gasteiger partial charge in [0, 0.05) is 0 Å². The van der Waals surface area contributed by atoms with Gasteiger partial charge in [-0.3, -0.25) is 0 Å². The van der Waals surface area contributed by atoms with Crippen LogP contribution in [0.2, 0.25) is 0 Å². The van der Waals surface area contributed by atoms with Gasteiger partial charge in [0.25, 0.3) is 0 Å². The van der Waals surface area contributed by atoms with Crippen LogP contribution in [0.15, 0.2) is 0 Å². The molecule has 0 spiro atoms. The zero-order valence-corrected chi connectivity index (χ0v) is 7.00. The zero-order chi connectivity index (χ0) is 6.00. The standard InChI is InChI=1S/OS.2H2S2/c3*1-2/h;2*1-2H. The van der Waals surface area contributed by atoms with Gasteiger partial charge >= 0.3 is 0 Å². The van der Waals surface area contributed by atoms with E-state index in [1.165, 1.54) is 0 Å². The van der Waals surface area contributed by atoms with Crippen molar-refractivity contribution >= 4 is 59.2 Å². The molecule has 1 nitrogen and oxygen atoms in total. The van der Waals surface area contributed by atoms with Crippen LogP contribution in [0.25, 0.3) is 0 Å². The van der Waals surface area contributed by atoms with Crippen LogP contribution in [0.3, 0.4) is 0 Å². The molecule has 0 unspecified atom stereocenters. The first-order valence-electron chi connectivity index (χ1n) is 0.567. The number of hydrogen-bond donors (Lipinski definition) is 4. The molecular formula is H4OS5. The molecule has 0 aromatic rings. The third-order valence-electron chi connectivity index (χ3n) is 0. The SMILES string of the molecule is O=S.SS.SS. The second-order valence-electron chi connectivity index (χ2n) is 0. The Kier molecular flexibility index (Phi) is 244. The van der Waals surface area contributed by atoms with Crippen molar-refractivity contribution in [2.24, 2.45) is 0 Å². The maximum atomic E-state index is 7.83. The summed E-state index contributed by atoms with van der Waals surface area (Å²) in [4.78, 5) is 0. The van der Waals surface area contributed by atoms with E-state index in [1.807, 2.05) is 0 Å². The lowest BCUT2D eigenvalue weighted by atomic mass is 16.0. The van der Waals surface area contributed by atoms with Crippen LogP contribution < -0.4 is 0 Å². The third kappa shape index (κ3) is 52.5. The van der Waals surface area contributed by atoms with Crippen LogP contribution in [0.1, 0.15) is 0 Å². The Bertz CT molecular complexity index is 3.90. The van der Waals surface area contributed by atoms with Crippen LogP contribution >= 0.6 is 46.6 Å². The Hall–Kier alpha value is 1.42. The summed E-state index contributed by atoms with van der Waals surface area (Å²) < 4.78 is 7.83. The smallest absolute Gasteiger partial charge is 0.197 e. The first kappa shape index (κ1) is 15.7. The molecule has 0 aromatic carbocycles. The molecule has 6 heteroatoms. The molecular weight excluding hydrogens is 176 g/mol. The summed E-state index contributed by atoms with van der Waals surface area (Å²) in [6.07, 6.45) is 0. The summed E-state index contributed by atoms with van der Waals surface area (Å²) in [6.45, 7) is 0. The predicted octanol–water partition coefficient (Wildman–Crippen LogP) is 1.19. The van der Waals surface area contributed by atoms with Crippen molar-refractivity contribution in [3.8, 4) is 0 Å². The van der Waals surface area contributed by atoms with Crippen LogP contribution in [0.5, 0.6) is 0 Å². The minimum absolute atomic E-state index is 2.83. The molecule has 0 aromatic heterocycles. The van der Waals surface area contributed by atoms with Gasteiger partial charge in [-0.25, -0.2) is 0 Å². The highest BCUT2D eigenvalue weighted by Gasteiger charge is 0.887. The van der Waals surface area contributed by atoms with Crippen molar-refractivity contribution in [2.45, 2.75) is 0 Å². The molecule has 0 N–H and O–H groups in total. The van der Waals surface area contributed by atoms with Gasteiger partial charge in [0.15, 0.2) is 12.5 Å². The van der Waals surface area contributed by atoms with E-state index in [-0.39, 0.29) is 0 Å². The molecule has 0 fully saturated rings. The van der Waals surface area contributed by atoms with Gasteiger partial charge in [0.2, 0.25) is 0 Å². The maximum absolute atomic E-state index is 7.83. The van der Waals surface area contributed by atoms with Crippen molar-refractivity contribution in [3.63, 3.8) is 0 Å². The Morgan fingerprint density at radius 2 is 0.833 bits per heavy atom. The monoisotopic (exact) mass is 180 g/mol. The Labute approximate surface area is 63.2 Å². The van der Waals surface area contributed by atoms with Crippen LogP contribution in [0.4, 0.5) is 0 Å². The van der Waals surface area contributed by atoms with Crippen LogP contribution in [0, 0.1) is 0 Å². The first-order chi connectivity index (χ1) is 3.00. The van der Waals surface area contributed by atoms with Gasteiger partial charge in [-0.1, -0.05) is 0 Å². The molecule has 0 atom stereocenters. The molecule has 0 bridgehead atoms. The van der Waals surface area contributed by atoms with Crippen molar-refractivity contribution in [2.75, 3.05) is 0 Å². The number of thiol groups is 4. The quantitative estimate of drug-likeness (QED) is 0.331. The fraction of sp³-hybridized carbons (Fsp3) is 0. The Balaban J connectivity index is -0.0000000225. The van der Waals surface area contributed by atoms with Gasteiger partial charge in [0.1, 0.15) is 0 Å². The fourth-order valence-electron chi connectivity index (χ4n) is 0. The van der Waals surface area contributed by atoms with Crippen molar-refractivity contribution in [3.05, 3.63) is 0 Å². The van der Waals surface area contributed by atoms with E-state index in [9.17, 15) is 0 Å². The van der Waals surface area contributed by atoms with E-state index in [0.29, 0.717) is 0 Å². The minimum atomic E-state index is 2.83. The summed E-state index contributed by atoms with van der Waals surface area (Å²) in [5.41, 5.74) is 0. The van der Waals surface area contributed by atoms with E-state index < -0.39 is 0 Å². The van der Waals surface area contributed by atoms with E-state index in [4.69, 9.17) is 4.21 Å². The molecule has 0 amide bonds. The molecule has 0 radical (unpaired) electrons. The molecule has 0 aliphatic heterocycles. The average molecular weight is 180 g/mol. The number of hydrogen-bond acceptors (Lipinski definition) is 6. The molecule has 0 rings (SSSR count). The summed E-state index contributed by atoms with van der Waals surface area (Å²) in [7, 11) is 0. The topological polar surface area (TPSA) is 17.1 Å². The van der Waals surface area contributed by atoms with Crippen molar-refractivity contribution in [1.29, 1.82) is 0 Å². The highest BCUT2D eigenvalue weighted by molar-refractivity contribution is 8.59. The average Bonchev–Trinajstić information content (AvgIpc) is 1.81. The summed E-state index contributed by atoms with van der Waals surface area (Å²) in [6, 6.07) is 0. The normalized spacial score (nSPS) is 2.67. The van der Waals surface area contributed by atoms with Gasteiger partial charge in [-0.2, -0.15) is 4.21 Å². The second kappa shape index (κ2) is 93.5. The predicted molar refractivity (Wildman–Crippen MR) is 44.1 cm³/mol. The molecule has 6 heavy (non-hydrogen) atoms. The minimum Gasteiger partial charge on any atom is -0.197 e. The fourth-order valence-corrected chi connectivity index (χ4v) is 0. The van der Waals surface area contributed by atoms with Gasteiger partial charge in [-0.15, -0.1) is 46.6 Å². The Morgan fingerprint density at radius 3 is 0.833 bits per heavy atom. The lowest BCUT2D eigenvalue weighted by molar-refractivity contribution is 0.702.